The number of nitrogens with one attached hydrogen (secondary N) is 1. The Hall–Kier alpha value is -2.37. The van der Waals surface area contributed by atoms with Crippen LogP contribution in [-0.4, -0.2) is 69.2 Å². The molecule has 1 aliphatic rings. The number of nitro groups is 1. The van der Waals surface area contributed by atoms with Gasteiger partial charge in [0.25, 0.3) is 0 Å². The Kier molecular flexibility index (Phi) is 5.91. The van der Waals surface area contributed by atoms with Gasteiger partial charge in [-0.15, -0.1) is 0 Å². The molecule has 10 nitrogen and oxygen atoms in total. The number of β-amino-alcohol motifs (C(OH)–C–C–N with tert-alkyl or cyclic N) is 1. The summed E-state index contributed by atoms with van der Waals surface area (Å²) in [4.78, 5) is 27.5. The lowest BCUT2D eigenvalue weighted by molar-refractivity contribution is -0.383. The molecule has 0 amide bonds. The van der Waals surface area contributed by atoms with E-state index in [4.69, 9.17) is 5.11 Å². The minimum atomic E-state index is -0.476. The number of hydrogen-bond acceptors (Lipinski definition) is 9. The molecule has 2 N–H and O–H groups in total. The van der Waals surface area contributed by atoms with Crippen molar-refractivity contribution in [2.45, 2.75) is 0 Å². The van der Waals surface area contributed by atoms with Crippen LogP contribution in [0.4, 0.5) is 23.1 Å². The first kappa shape index (κ1) is 18.4. The maximum absolute atomic E-state index is 11.7. The molecule has 1 fully saturated rings. The number of halogens is 1. The lowest BCUT2D eigenvalue weighted by Crippen LogP contribution is -2.47. The summed E-state index contributed by atoms with van der Waals surface area (Å²) in [6, 6.07) is 3.48. The van der Waals surface area contributed by atoms with Crippen molar-refractivity contribution < 1.29 is 10.0 Å². The highest BCUT2D eigenvalue weighted by Crippen LogP contribution is 2.33. The maximum Gasteiger partial charge on any atom is 0.353 e. The van der Waals surface area contributed by atoms with Gasteiger partial charge in [-0.05, 0) is 28.1 Å². The molecule has 2 aromatic heterocycles. The first-order valence-corrected chi connectivity index (χ1v) is 8.84. The first-order valence-electron chi connectivity index (χ1n) is 8.04. The molecule has 0 bridgehead atoms. The van der Waals surface area contributed by atoms with Crippen molar-refractivity contribution in [1.82, 2.24) is 19.9 Å². The molecule has 0 unspecified atom stereocenters. The third-order valence-corrected chi connectivity index (χ3v) is 4.52. The number of aliphatic hydroxyl groups is 1. The van der Waals surface area contributed by atoms with Gasteiger partial charge in [0.15, 0.2) is 0 Å². The summed E-state index contributed by atoms with van der Waals surface area (Å²) in [6.07, 6.45) is 2.90. The minimum Gasteiger partial charge on any atom is -0.395 e. The van der Waals surface area contributed by atoms with Crippen LogP contribution in [0.3, 0.4) is 0 Å². The Morgan fingerprint density at radius 2 is 2.00 bits per heavy atom. The molecule has 0 atom stereocenters. The Bertz CT molecular complexity index is 766. The van der Waals surface area contributed by atoms with Crippen LogP contribution in [0, 0.1) is 10.1 Å². The fraction of sp³-hybridized carbons (Fsp3) is 0.400. The van der Waals surface area contributed by atoms with E-state index in [0.29, 0.717) is 38.5 Å². The zero-order valence-corrected chi connectivity index (χ0v) is 15.5. The SMILES string of the molecule is O=[N+]([O-])c1c(Nc2ccc(Br)cn2)ncnc1N1CCN(CCO)CC1. The van der Waals surface area contributed by atoms with Crippen molar-refractivity contribution in [3.63, 3.8) is 0 Å². The molecule has 26 heavy (non-hydrogen) atoms. The third kappa shape index (κ3) is 4.23. The second kappa shape index (κ2) is 8.34. The minimum absolute atomic E-state index is 0.0991. The number of hydrogen-bond donors (Lipinski definition) is 2. The number of aromatic nitrogens is 3. The molecule has 2 aromatic rings. The summed E-state index contributed by atoms with van der Waals surface area (Å²) in [5.74, 6) is 0.842. The summed E-state index contributed by atoms with van der Waals surface area (Å²) in [6.45, 7) is 3.29. The van der Waals surface area contributed by atoms with Crippen LogP contribution in [0.15, 0.2) is 29.1 Å². The molecule has 0 saturated carbocycles. The average Bonchev–Trinajstić information content (AvgIpc) is 2.64. The molecular formula is C15H18BrN7O3. The maximum atomic E-state index is 11.7. The number of rotatable bonds is 6. The van der Waals surface area contributed by atoms with Crippen molar-refractivity contribution in [2.75, 3.05) is 49.5 Å². The van der Waals surface area contributed by atoms with Crippen molar-refractivity contribution in [2.24, 2.45) is 0 Å². The highest BCUT2D eigenvalue weighted by atomic mass is 79.9. The summed E-state index contributed by atoms with van der Waals surface area (Å²) >= 11 is 3.30. The van der Waals surface area contributed by atoms with Gasteiger partial charge in [-0.25, -0.2) is 15.0 Å². The first-order chi connectivity index (χ1) is 12.6. The highest BCUT2D eigenvalue weighted by molar-refractivity contribution is 9.10. The Labute approximate surface area is 158 Å². The number of piperazine rings is 1. The van der Waals surface area contributed by atoms with Gasteiger partial charge in [0.1, 0.15) is 12.1 Å². The Balaban J connectivity index is 1.85. The number of aliphatic hydroxyl groups excluding tert-OH is 1. The standard InChI is InChI=1S/C15H18BrN7O3/c16-11-1-2-12(17-9-11)20-14-13(23(25)26)15(19-10-18-14)22-5-3-21(4-6-22)7-8-24/h1-2,9-10,24H,3-8H2,(H,17,18,19,20). The van der Waals surface area contributed by atoms with Crippen molar-refractivity contribution in [3.05, 3.63) is 39.2 Å². The largest absolute Gasteiger partial charge is 0.395 e. The van der Waals surface area contributed by atoms with Crippen LogP contribution in [0.2, 0.25) is 0 Å². The molecule has 0 radical (unpaired) electrons. The van der Waals surface area contributed by atoms with E-state index in [1.807, 2.05) is 4.90 Å². The van der Waals surface area contributed by atoms with Gasteiger partial charge in [0.2, 0.25) is 11.6 Å². The quantitative estimate of drug-likeness (QED) is 0.524. The van der Waals surface area contributed by atoms with Crippen LogP contribution in [0.25, 0.3) is 0 Å². The molecule has 0 aromatic carbocycles. The average molecular weight is 424 g/mol. The number of anilines is 3. The van der Waals surface area contributed by atoms with Crippen LogP contribution < -0.4 is 10.2 Å². The van der Waals surface area contributed by atoms with Crippen molar-refractivity contribution in [1.29, 1.82) is 0 Å². The van der Waals surface area contributed by atoms with Gasteiger partial charge in [-0.1, -0.05) is 0 Å². The molecule has 3 rings (SSSR count). The Morgan fingerprint density at radius 1 is 1.23 bits per heavy atom. The summed E-state index contributed by atoms with van der Waals surface area (Å²) in [5.41, 5.74) is -0.173. The van der Waals surface area contributed by atoms with Gasteiger partial charge in [-0.2, -0.15) is 0 Å². The second-order valence-corrected chi connectivity index (χ2v) is 6.61. The Morgan fingerprint density at radius 3 is 2.62 bits per heavy atom. The van der Waals surface area contributed by atoms with Crippen LogP contribution in [0.5, 0.6) is 0 Å². The van der Waals surface area contributed by atoms with E-state index in [9.17, 15) is 10.1 Å². The lowest BCUT2D eigenvalue weighted by Gasteiger charge is -2.34. The fourth-order valence-corrected chi connectivity index (χ4v) is 2.99. The molecule has 0 aliphatic carbocycles. The van der Waals surface area contributed by atoms with Gasteiger partial charge in [0, 0.05) is 43.4 Å². The lowest BCUT2D eigenvalue weighted by atomic mass is 10.3. The summed E-state index contributed by atoms with van der Waals surface area (Å²) in [7, 11) is 0. The van der Waals surface area contributed by atoms with E-state index < -0.39 is 4.92 Å². The van der Waals surface area contributed by atoms with Crippen molar-refractivity contribution >= 4 is 39.1 Å². The zero-order valence-electron chi connectivity index (χ0n) is 13.9. The normalized spacial score (nSPS) is 15.1. The number of pyridine rings is 1. The molecule has 138 valence electrons. The molecule has 1 aliphatic heterocycles. The van der Waals surface area contributed by atoms with Crippen LogP contribution >= 0.6 is 15.9 Å². The second-order valence-electron chi connectivity index (χ2n) is 5.69. The van der Waals surface area contributed by atoms with E-state index >= 15 is 0 Å². The summed E-state index contributed by atoms with van der Waals surface area (Å²) < 4.78 is 0.807. The fourth-order valence-electron chi connectivity index (χ4n) is 2.76. The molecule has 3 heterocycles. The smallest absolute Gasteiger partial charge is 0.353 e. The van der Waals surface area contributed by atoms with E-state index in [2.05, 4.69) is 41.1 Å². The number of nitrogens with zero attached hydrogens (tertiary/aromatic N) is 6. The van der Waals surface area contributed by atoms with E-state index in [-0.39, 0.29) is 23.9 Å². The topological polar surface area (TPSA) is 121 Å². The van der Waals surface area contributed by atoms with Crippen LogP contribution in [0.1, 0.15) is 0 Å². The third-order valence-electron chi connectivity index (χ3n) is 4.05. The molecule has 0 spiro atoms. The molecular weight excluding hydrogens is 406 g/mol. The van der Waals surface area contributed by atoms with Gasteiger partial charge >= 0.3 is 5.69 Å². The van der Waals surface area contributed by atoms with E-state index in [1.165, 1.54) is 6.33 Å². The van der Waals surface area contributed by atoms with E-state index in [1.54, 1.807) is 18.3 Å². The molecule has 1 saturated heterocycles. The zero-order chi connectivity index (χ0) is 18.5. The van der Waals surface area contributed by atoms with Gasteiger partial charge in [0.05, 0.1) is 11.5 Å². The van der Waals surface area contributed by atoms with Gasteiger partial charge in [-0.3, -0.25) is 15.0 Å². The molecule has 11 heteroatoms. The van der Waals surface area contributed by atoms with E-state index in [0.717, 1.165) is 4.47 Å². The highest BCUT2D eigenvalue weighted by Gasteiger charge is 2.29. The van der Waals surface area contributed by atoms with Crippen molar-refractivity contribution in [3.8, 4) is 0 Å². The van der Waals surface area contributed by atoms with Gasteiger partial charge < -0.3 is 15.3 Å². The monoisotopic (exact) mass is 423 g/mol. The predicted molar refractivity (Wildman–Crippen MR) is 99.6 cm³/mol. The predicted octanol–water partition coefficient (Wildman–Crippen LogP) is 1.40. The summed E-state index contributed by atoms with van der Waals surface area (Å²) in [5, 5.41) is 23.6. The van der Waals surface area contributed by atoms with Crippen LogP contribution in [-0.2, 0) is 0 Å².